The van der Waals surface area contributed by atoms with Gasteiger partial charge in [0.05, 0.1) is 12.0 Å². The lowest BCUT2D eigenvalue weighted by molar-refractivity contribution is -0.141. The number of carboxylic acid groups (broad SMARTS) is 1. The molecule has 6 nitrogen and oxygen atoms in total. The van der Waals surface area contributed by atoms with Crippen LogP contribution in [0.4, 0.5) is 13.6 Å². The van der Waals surface area contributed by atoms with Gasteiger partial charge in [0.25, 0.3) is 0 Å². The minimum atomic E-state index is -2.91. The van der Waals surface area contributed by atoms with Gasteiger partial charge in [0.15, 0.2) is 0 Å². The third kappa shape index (κ3) is 4.54. The zero-order valence-electron chi connectivity index (χ0n) is 12.5. The number of hydrogen-bond acceptors (Lipinski definition) is 3. The molecule has 2 atom stereocenters. The summed E-state index contributed by atoms with van der Waals surface area (Å²) in [6, 6.07) is 5.29. The molecular formula is C15H18F2N2O4. The summed E-state index contributed by atoms with van der Waals surface area (Å²) in [4.78, 5) is 24.5. The van der Waals surface area contributed by atoms with Gasteiger partial charge in [0.2, 0.25) is 0 Å². The fourth-order valence-electron chi connectivity index (χ4n) is 2.47. The van der Waals surface area contributed by atoms with Gasteiger partial charge < -0.3 is 20.1 Å². The van der Waals surface area contributed by atoms with Crippen LogP contribution in [0.1, 0.15) is 24.9 Å². The van der Waals surface area contributed by atoms with Crippen molar-refractivity contribution in [3.63, 3.8) is 0 Å². The van der Waals surface area contributed by atoms with Gasteiger partial charge >= 0.3 is 18.6 Å². The molecule has 1 fully saturated rings. The molecule has 0 aromatic heterocycles. The second kappa shape index (κ2) is 7.26. The van der Waals surface area contributed by atoms with Crippen LogP contribution in [0.15, 0.2) is 24.3 Å². The topological polar surface area (TPSA) is 78.9 Å². The number of amides is 2. The Balaban J connectivity index is 1.95. The van der Waals surface area contributed by atoms with E-state index >= 15 is 0 Å². The van der Waals surface area contributed by atoms with Crippen LogP contribution < -0.4 is 10.1 Å². The van der Waals surface area contributed by atoms with E-state index in [1.54, 1.807) is 19.1 Å². The fourth-order valence-corrected chi connectivity index (χ4v) is 2.47. The molecule has 0 aliphatic carbocycles. The smallest absolute Gasteiger partial charge is 0.387 e. The first-order valence-corrected chi connectivity index (χ1v) is 7.20. The van der Waals surface area contributed by atoms with E-state index in [0.717, 1.165) is 0 Å². The molecule has 1 aromatic carbocycles. The standard InChI is InChI=1S/C15H18F2N2O4/c1-9(10-3-2-4-12(7-10)23-14(16)17)18-15(22)19-6-5-11(8-19)13(20)21/h2-4,7,9,11,14H,5-6,8H2,1H3,(H,18,22)(H,20,21). The molecule has 2 rings (SSSR count). The number of hydrogen-bond donors (Lipinski definition) is 2. The first-order valence-electron chi connectivity index (χ1n) is 7.20. The summed E-state index contributed by atoms with van der Waals surface area (Å²) in [6.07, 6.45) is 0.425. The van der Waals surface area contributed by atoms with E-state index in [9.17, 15) is 18.4 Å². The van der Waals surface area contributed by atoms with Crippen LogP contribution in [0.5, 0.6) is 5.75 Å². The molecule has 2 amide bonds. The molecule has 126 valence electrons. The van der Waals surface area contributed by atoms with Crippen molar-refractivity contribution in [2.45, 2.75) is 26.0 Å². The van der Waals surface area contributed by atoms with Gasteiger partial charge in [-0.05, 0) is 31.0 Å². The van der Waals surface area contributed by atoms with Gasteiger partial charge in [-0.25, -0.2) is 4.79 Å². The van der Waals surface area contributed by atoms with Crippen molar-refractivity contribution in [2.75, 3.05) is 13.1 Å². The maximum Gasteiger partial charge on any atom is 0.387 e. The number of nitrogens with one attached hydrogen (secondary N) is 1. The van der Waals surface area contributed by atoms with E-state index in [-0.39, 0.29) is 18.3 Å². The van der Waals surface area contributed by atoms with Crippen LogP contribution in [-0.2, 0) is 4.79 Å². The highest BCUT2D eigenvalue weighted by Gasteiger charge is 2.31. The van der Waals surface area contributed by atoms with Gasteiger partial charge in [-0.15, -0.1) is 0 Å². The molecule has 23 heavy (non-hydrogen) atoms. The number of carbonyl (C=O) groups is 2. The molecule has 8 heteroatoms. The number of alkyl halides is 2. The van der Waals surface area contributed by atoms with Gasteiger partial charge in [0.1, 0.15) is 5.75 Å². The number of halogens is 2. The minimum Gasteiger partial charge on any atom is -0.481 e. The SMILES string of the molecule is CC(NC(=O)N1CCC(C(=O)O)C1)c1cccc(OC(F)F)c1. The maximum absolute atomic E-state index is 12.2. The van der Waals surface area contributed by atoms with Crippen LogP contribution in [0.25, 0.3) is 0 Å². The van der Waals surface area contributed by atoms with E-state index < -0.39 is 24.5 Å². The second-order valence-electron chi connectivity index (χ2n) is 5.39. The Kier molecular flexibility index (Phi) is 5.36. The summed E-state index contributed by atoms with van der Waals surface area (Å²) in [5.41, 5.74) is 0.616. The minimum absolute atomic E-state index is 0.0192. The quantitative estimate of drug-likeness (QED) is 0.870. The fraction of sp³-hybridized carbons (Fsp3) is 0.467. The lowest BCUT2D eigenvalue weighted by Crippen LogP contribution is -2.40. The average Bonchev–Trinajstić information content (AvgIpc) is 2.97. The van der Waals surface area contributed by atoms with Crippen molar-refractivity contribution in [1.29, 1.82) is 0 Å². The van der Waals surface area contributed by atoms with Gasteiger partial charge in [0, 0.05) is 13.1 Å². The molecule has 1 aliphatic heterocycles. The van der Waals surface area contributed by atoms with E-state index in [2.05, 4.69) is 10.1 Å². The molecule has 0 saturated carbocycles. The lowest BCUT2D eigenvalue weighted by atomic mass is 10.1. The maximum atomic E-state index is 12.2. The number of aliphatic carboxylic acids is 1. The summed E-state index contributed by atoms with van der Waals surface area (Å²) < 4.78 is 28.8. The van der Waals surface area contributed by atoms with Crippen molar-refractivity contribution in [2.24, 2.45) is 5.92 Å². The Morgan fingerprint density at radius 2 is 2.17 bits per heavy atom. The number of carboxylic acids is 1. The highest BCUT2D eigenvalue weighted by Crippen LogP contribution is 2.22. The Hall–Kier alpha value is -2.38. The molecule has 1 aliphatic rings. The van der Waals surface area contributed by atoms with E-state index in [4.69, 9.17) is 5.11 Å². The molecular weight excluding hydrogens is 310 g/mol. The zero-order chi connectivity index (χ0) is 17.0. The predicted molar refractivity (Wildman–Crippen MR) is 77.3 cm³/mol. The highest BCUT2D eigenvalue weighted by molar-refractivity contribution is 5.77. The predicted octanol–water partition coefficient (Wildman–Crippen LogP) is 2.47. The first-order chi connectivity index (χ1) is 10.9. The van der Waals surface area contributed by atoms with Gasteiger partial charge in [-0.2, -0.15) is 8.78 Å². The summed E-state index contributed by atoms with van der Waals surface area (Å²) in [7, 11) is 0. The highest BCUT2D eigenvalue weighted by atomic mass is 19.3. The van der Waals surface area contributed by atoms with Crippen LogP contribution in [0.3, 0.4) is 0 Å². The third-order valence-electron chi connectivity index (χ3n) is 3.75. The summed E-state index contributed by atoms with van der Waals surface area (Å²) in [6.45, 7) is -0.649. The lowest BCUT2D eigenvalue weighted by Gasteiger charge is -2.21. The van der Waals surface area contributed by atoms with Crippen molar-refractivity contribution < 1.29 is 28.2 Å². The molecule has 1 aromatic rings. The van der Waals surface area contributed by atoms with E-state index in [1.807, 2.05) is 0 Å². The third-order valence-corrected chi connectivity index (χ3v) is 3.75. The second-order valence-corrected chi connectivity index (χ2v) is 5.39. The van der Waals surface area contributed by atoms with Crippen LogP contribution in [-0.4, -0.2) is 41.7 Å². The van der Waals surface area contributed by atoms with Crippen LogP contribution in [0, 0.1) is 5.92 Å². The largest absolute Gasteiger partial charge is 0.481 e. The Morgan fingerprint density at radius 3 is 2.78 bits per heavy atom. The van der Waals surface area contributed by atoms with E-state index in [0.29, 0.717) is 18.5 Å². The van der Waals surface area contributed by atoms with Crippen molar-refractivity contribution >= 4 is 12.0 Å². The van der Waals surface area contributed by atoms with Gasteiger partial charge in [-0.1, -0.05) is 12.1 Å². The number of likely N-dealkylation sites (tertiary alicyclic amines) is 1. The van der Waals surface area contributed by atoms with E-state index in [1.165, 1.54) is 17.0 Å². The summed E-state index contributed by atoms with van der Waals surface area (Å²) >= 11 is 0. The Bertz CT molecular complexity index is 582. The number of rotatable bonds is 5. The number of ether oxygens (including phenoxy) is 1. The van der Waals surface area contributed by atoms with Crippen molar-refractivity contribution in [3.05, 3.63) is 29.8 Å². The molecule has 1 saturated heterocycles. The van der Waals surface area contributed by atoms with Gasteiger partial charge in [-0.3, -0.25) is 4.79 Å². The Labute approximate surface area is 132 Å². The van der Waals surface area contributed by atoms with Crippen molar-refractivity contribution in [3.8, 4) is 5.75 Å². The Morgan fingerprint density at radius 1 is 1.43 bits per heavy atom. The molecule has 0 bridgehead atoms. The van der Waals surface area contributed by atoms with Crippen LogP contribution >= 0.6 is 0 Å². The summed E-state index contributed by atoms with van der Waals surface area (Å²) in [5.74, 6) is -1.44. The monoisotopic (exact) mass is 328 g/mol. The number of urea groups is 1. The molecule has 1 heterocycles. The first kappa shape index (κ1) is 17.0. The molecule has 2 unspecified atom stereocenters. The molecule has 0 radical (unpaired) electrons. The number of benzene rings is 1. The number of carbonyl (C=O) groups excluding carboxylic acids is 1. The number of nitrogens with zero attached hydrogens (tertiary/aromatic N) is 1. The summed E-state index contributed by atoms with van der Waals surface area (Å²) in [5, 5.41) is 11.7. The zero-order valence-corrected chi connectivity index (χ0v) is 12.5. The normalized spacial score (nSPS) is 18.8. The van der Waals surface area contributed by atoms with Crippen molar-refractivity contribution in [1.82, 2.24) is 10.2 Å². The molecule has 2 N–H and O–H groups in total. The average molecular weight is 328 g/mol. The van der Waals surface area contributed by atoms with Crippen LogP contribution in [0.2, 0.25) is 0 Å². The molecule has 0 spiro atoms.